The molecule has 32 heavy (non-hydrogen) atoms. The molecule has 1 aliphatic carbocycles. The third-order valence-electron chi connectivity index (χ3n) is 6.12. The number of hydrogen-bond acceptors (Lipinski definition) is 5. The maximum atomic E-state index is 13.3. The Balaban J connectivity index is 1.71. The molecule has 7 heteroatoms. The Bertz CT molecular complexity index is 874. The third-order valence-corrected chi connectivity index (χ3v) is 6.12. The first-order chi connectivity index (χ1) is 15.5. The number of rotatable bonds is 10. The fraction of sp³-hybridized carbons (Fsp3) is 0.520. The Hall–Kier alpha value is -2.96. The summed E-state index contributed by atoms with van der Waals surface area (Å²) < 4.78 is 16.2. The summed E-state index contributed by atoms with van der Waals surface area (Å²) in [6.45, 7) is 2.54. The molecular formula is C25H34N2O5. The minimum absolute atomic E-state index is 0.0388. The van der Waals surface area contributed by atoms with E-state index in [4.69, 9.17) is 13.9 Å². The molecule has 2 amide bonds. The van der Waals surface area contributed by atoms with Crippen molar-refractivity contribution in [1.29, 1.82) is 0 Å². The molecule has 1 aromatic carbocycles. The lowest BCUT2D eigenvalue weighted by atomic mass is 9.94. The van der Waals surface area contributed by atoms with E-state index in [1.165, 1.54) is 6.42 Å². The van der Waals surface area contributed by atoms with Gasteiger partial charge in [-0.2, -0.15) is 0 Å². The van der Waals surface area contributed by atoms with Crippen LogP contribution >= 0.6 is 0 Å². The van der Waals surface area contributed by atoms with E-state index in [0.717, 1.165) is 37.0 Å². The van der Waals surface area contributed by atoms with Crippen LogP contribution in [0.4, 0.5) is 0 Å². The molecule has 174 valence electrons. The molecule has 1 saturated carbocycles. The molecule has 1 fully saturated rings. The number of nitrogens with zero attached hydrogens (tertiary/aromatic N) is 2. The van der Waals surface area contributed by atoms with Crippen LogP contribution in [0.15, 0.2) is 41.0 Å². The Morgan fingerprint density at radius 3 is 2.44 bits per heavy atom. The van der Waals surface area contributed by atoms with Crippen molar-refractivity contribution in [2.45, 2.75) is 58.0 Å². The zero-order valence-corrected chi connectivity index (χ0v) is 19.3. The van der Waals surface area contributed by atoms with E-state index in [1.807, 2.05) is 30.3 Å². The number of ether oxygens (including phenoxy) is 2. The molecule has 3 rings (SSSR count). The van der Waals surface area contributed by atoms with Crippen molar-refractivity contribution in [3.05, 3.63) is 47.9 Å². The molecule has 0 saturated heterocycles. The number of benzene rings is 1. The van der Waals surface area contributed by atoms with Crippen molar-refractivity contribution in [1.82, 2.24) is 9.80 Å². The first kappa shape index (κ1) is 23.7. The summed E-state index contributed by atoms with van der Waals surface area (Å²) in [7, 11) is 3.21. The van der Waals surface area contributed by atoms with Crippen LogP contribution in [0.5, 0.6) is 11.5 Å². The SMILES string of the molecule is COc1ccc(CCN(Cc2ccco2)C(=O)CN(C(C)=O)C2CCCCC2)cc1OC. The summed E-state index contributed by atoms with van der Waals surface area (Å²) >= 11 is 0. The monoisotopic (exact) mass is 442 g/mol. The molecule has 0 radical (unpaired) electrons. The van der Waals surface area contributed by atoms with Crippen LogP contribution in [-0.2, 0) is 22.6 Å². The summed E-state index contributed by atoms with van der Waals surface area (Å²) in [5.74, 6) is 1.95. The van der Waals surface area contributed by atoms with Crippen LogP contribution in [0.25, 0.3) is 0 Å². The number of furan rings is 1. The predicted octanol–water partition coefficient (Wildman–Crippen LogP) is 4.05. The first-order valence-corrected chi connectivity index (χ1v) is 11.3. The number of amides is 2. The number of hydrogen-bond donors (Lipinski definition) is 0. The molecule has 1 heterocycles. The standard InChI is InChI=1S/C25H34N2O5/c1-19(28)27(21-8-5-4-6-9-21)18-25(29)26(17-22-10-7-15-32-22)14-13-20-11-12-23(30-2)24(16-20)31-3/h7,10-12,15-16,21H,4-6,8-9,13-14,17-18H2,1-3H3. The highest BCUT2D eigenvalue weighted by atomic mass is 16.5. The van der Waals surface area contributed by atoms with Gasteiger partial charge < -0.3 is 23.7 Å². The second-order valence-electron chi connectivity index (χ2n) is 8.27. The van der Waals surface area contributed by atoms with E-state index in [9.17, 15) is 9.59 Å². The van der Waals surface area contributed by atoms with Gasteiger partial charge in [0.1, 0.15) is 12.3 Å². The molecule has 0 spiro atoms. The Kier molecular flexibility index (Phi) is 8.59. The van der Waals surface area contributed by atoms with Crippen molar-refractivity contribution in [3.8, 4) is 11.5 Å². The van der Waals surface area contributed by atoms with E-state index < -0.39 is 0 Å². The highest BCUT2D eigenvalue weighted by Crippen LogP contribution is 2.28. The normalized spacial score (nSPS) is 14.1. The lowest BCUT2D eigenvalue weighted by molar-refractivity contribution is -0.142. The Morgan fingerprint density at radius 1 is 1.06 bits per heavy atom. The average molecular weight is 443 g/mol. The van der Waals surface area contributed by atoms with Crippen LogP contribution in [0, 0.1) is 0 Å². The molecule has 0 atom stereocenters. The van der Waals surface area contributed by atoms with Gasteiger partial charge in [0.2, 0.25) is 11.8 Å². The fourth-order valence-corrected chi connectivity index (χ4v) is 4.32. The summed E-state index contributed by atoms with van der Waals surface area (Å²) in [4.78, 5) is 29.2. The lowest BCUT2D eigenvalue weighted by Gasteiger charge is -2.34. The summed E-state index contributed by atoms with van der Waals surface area (Å²) in [6, 6.07) is 9.60. The van der Waals surface area contributed by atoms with E-state index in [0.29, 0.717) is 31.0 Å². The number of methoxy groups -OCH3 is 2. The first-order valence-electron chi connectivity index (χ1n) is 11.3. The molecular weight excluding hydrogens is 408 g/mol. The van der Waals surface area contributed by atoms with Crippen LogP contribution in [-0.4, -0.2) is 55.0 Å². The van der Waals surface area contributed by atoms with Gasteiger partial charge in [0.05, 0.1) is 27.0 Å². The second-order valence-corrected chi connectivity index (χ2v) is 8.27. The maximum absolute atomic E-state index is 13.3. The van der Waals surface area contributed by atoms with E-state index >= 15 is 0 Å². The quantitative estimate of drug-likeness (QED) is 0.555. The summed E-state index contributed by atoms with van der Waals surface area (Å²) in [5, 5.41) is 0. The zero-order chi connectivity index (χ0) is 22.9. The maximum Gasteiger partial charge on any atom is 0.242 e. The molecule has 7 nitrogen and oxygen atoms in total. The molecule has 1 aromatic heterocycles. The van der Waals surface area contributed by atoms with Crippen LogP contribution < -0.4 is 9.47 Å². The Morgan fingerprint density at radius 2 is 1.81 bits per heavy atom. The van der Waals surface area contributed by atoms with Crippen LogP contribution in [0.2, 0.25) is 0 Å². The Labute approximate surface area is 190 Å². The van der Waals surface area contributed by atoms with Crippen molar-refractivity contribution in [2.24, 2.45) is 0 Å². The van der Waals surface area contributed by atoms with Crippen LogP contribution in [0.1, 0.15) is 50.4 Å². The van der Waals surface area contributed by atoms with Gasteiger partial charge in [-0.15, -0.1) is 0 Å². The summed E-state index contributed by atoms with van der Waals surface area (Å²) in [6.07, 6.45) is 7.61. The fourth-order valence-electron chi connectivity index (χ4n) is 4.32. The van der Waals surface area contributed by atoms with Gasteiger partial charge in [-0.25, -0.2) is 0 Å². The van der Waals surface area contributed by atoms with Gasteiger partial charge in [-0.3, -0.25) is 9.59 Å². The van der Waals surface area contributed by atoms with E-state index in [1.54, 1.807) is 37.2 Å². The highest BCUT2D eigenvalue weighted by molar-refractivity contribution is 5.84. The third kappa shape index (κ3) is 6.28. The molecule has 1 aliphatic rings. The van der Waals surface area contributed by atoms with Gasteiger partial charge >= 0.3 is 0 Å². The van der Waals surface area contributed by atoms with Crippen molar-refractivity contribution >= 4 is 11.8 Å². The second kappa shape index (κ2) is 11.6. The predicted molar refractivity (Wildman–Crippen MR) is 122 cm³/mol. The van der Waals surface area contributed by atoms with Gasteiger partial charge in [0.25, 0.3) is 0 Å². The topological polar surface area (TPSA) is 72.2 Å². The van der Waals surface area contributed by atoms with Crippen molar-refractivity contribution < 1.29 is 23.5 Å². The van der Waals surface area contributed by atoms with E-state index in [2.05, 4.69) is 0 Å². The highest BCUT2D eigenvalue weighted by Gasteiger charge is 2.27. The number of carbonyl (C=O) groups excluding carboxylic acids is 2. The van der Waals surface area contributed by atoms with Gasteiger partial charge in [0.15, 0.2) is 11.5 Å². The largest absolute Gasteiger partial charge is 0.493 e. The molecule has 0 N–H and O–H groups in total. The molecule has 0 bridgehead atoms. The smallest absolute Gasteiger partial charge is 0.242 e. The van der Waals surface area contributed by atoms with Crippen molar-refractivity contribution in [2.75, 3.05) is 27.3 Å². The van der Waals surface area contributed by atoms with Crippen LogP contribution in [0.3, 0.4) is 0 Å². The zero-order valence-electron chi connectivity index (χ0n) is 19.3. The lowest BCUT2D eigenvalue weighted by Crippen LogP contribution is -2.47. The minimum atomic E-state index is -0.0670. The average Bonchev–Trinajstić information content (AvgIpc) is 3.33. The van der Waals surface area contributed by atoms with Gasteiger partial charge in [-0.05, 0) is 49.1 Å². The number of carbonyl (C=O) groups is 2. The van der Waals surface area contributed by atoms with Gasteiger partial charge in [-0.1, -0.05) is 25.3 Å². The van der Waals surface area contributed by atoms with E-state index in [-0.39, 0.29) is 24.4 Å². The minimum Gasteiger partial charge on any atom is -0.493 e. The van der Waals surface area contributed by atoms with Crippen molar-refractivity contribution in [3.63, 3.8) is 0 Å². The molecule has 0 unspecified atom stereocenters. The van der Waals surface area contributed by atoms with Gasteiger partial charge in [0, 0.05) is 19.5 Å². The molecule has 0 aliphatic heterocycles. The summed E-state index contributed by atoms with van der Waals surface area (Å²) in [5.41, 5.74) is 1.04. The molecule has 2 aromatic rings.